The summed E-state index contributed by atoms with van der Waals surface area (Å²) in [6.07, 6.45) is 0. The Balaban J connectivity index is 2.32. The van der Waals surface area contributed by atoms with Gasteiger partial charge in [0.2, 0.25) is 0 Å². The van der Waals surface area contributed by atoms with E-state index >= 15 is 0 Å². The fourth-order valence-corrected chi connectivity index (χ4v) is 1.92. The molecule has 0 saturated heterocycles. The van der Waals surface area contributed by atoms with Gasteiger partial charge in [-0.05, 0) is 24.6 Å². The number of rotatable bonds is 4. The van der Waals surface area contributed by atoms with E-state index in [1.807, 2.05) is 38.2 Å². The molecular weight excluding hydrogens is 272 g/mol. The molecule has 0 bridgehead atoms. The lowest BCUT2D eigenvalue weighted by Crippen LogP contribution is -2.05. The molecule has 0 spiro atoms. The summed E-state index contributed by atoms with van der Waals surface area (Å²) >= 11 is 6.14. The van der Waals surface area contributed by atoms with Gasteiger partial charge in [0.1, 0.15) is 17.5 Å². The van der Waals surface area contributed by atoms with Gasteiger partial charge >= 0.3 is 0 Å². The van der Waals surface area contributed by atoms with E-state index in [0.29, 0.717) is 0 Å². The maximum Gasteiger partial charge on any atom is 0.136 e. The Morgan fingerprint density at radius 2 is 1.80 bits per heavy atom. The number of nitrogens with zero attached hydrogens (tertiary/aromatic N) is 2. The number of nitrogens with one attached hydrogen (secondary N) is 2. The molecule has 2 rings (SSSR count). The van der Waals surface area contributed by atoms with E-state index < -0.39 is 0 Å². The second-order valence-corrected chi connectivity index (χ2v) is 5.40. The molecule has 2 aromatic rings. The number of aromatic nitrogens is 2. The van der Waals surface area contributed by atoms with E-state index in [1.165, 1.54) is 0 Å². The lowest BCUT2D eigenvalue weighted by molar-refractivity contribution is 0.778. The molecule has 106 valence electrons. The molecule has 20 heavy (non-hydrogen) atoms. The first-order chi connectivity index (χ1) is 9.49. The lowest BCUT2D eigenvalue weighted by Gasteiger charge is -2.12. The maximum atomic E-state index is 6.14. The van der Waals surface area contributed by atoms with Gasteiger partial charge in [-0.2, -0.15) is 0 Å². The molecule has 0 saturated carbocycles. The van der Waals surface area contributed by atoms with Crippen LogP contribution < -0.4 is 10.6 Å². The molecule has 5 heteroatoms. The van der Waals surface area contributed by atoms with Crippen LogP contribution in [0, 0.1) is 6.92 Å². The van der Waals surface area contributed by atoms with Gasteiger partial charge < -0.3 is 10.6 Å². The molecule has 4 nitrogen and oxygen atoms in total. The average Bonchev–Trinajstić information content (AvgIpc) is 2.42. The molecular formula is C15H19ClN4. The molecule has 0 unspecified atom stereocenters. The van der Waals surface area contributed by atoms with Gasteiger partial charge in [-0.1, -0.05) is 31.5 Å². The van der Waals surface area contributed by atoms with Crippen LogP contribution in [0.2, 0.25) is 5.02 Å². The van der Waals surface area contributed by atoms with Crippen LogP contribution in [0.3, 0.4) is 0 Å². The first kappa shape index (κ1) is 14.6. The Morgan fingerprint density at radius 1 is 1.10 bits per heavy atom. The van der Waals surface area contributed by atoms with Crippen LogP contribution in [0.1, 0.15) is 31.2 Å². The summed E-state index contributed by atoms with van der Waals surface area (Å²) in [6, 6.07) is 7.73. The number of hydrogen-bond acceptors (Lipinski definition) is 4. The normalized spacial score (nSPS) is 10.7. The van der Waals surface area contributed by atoms with Gasteiger partial charge in [0.05, 0.1) is 0 Å². The third kappa shape index (κ3) is 3.39. The quantitative estimate of drug-likeness (QED) is 0.879. The molecule has 0 aliphatic carbocycles. The molecule has 0 atom stereocenters. The van der Waals surface area contributed by atoms with Gasteiger partial charge in [-0.15, -0.1) is 0 Å². The van der Waals surface area contributed by atoms with Crippen molar-refractivity contribution < 1.29 is 0 Å². The Labute approximate surface area is 124 Å². The van der Waals surface area contributed by atoms with Crippen molar-refractivity contribution in [2.24, 2.45) is 0 Å². The summed E-state index contributed by atoms with van der Waals surface area (Å²) in [5, 5.41) is 7.06. The Kier molecular flexibility index (Phi) is 4.45. The number of benzene rings is 1. The van der Waals surface area contributed by atoms with E-state index in [9.17, 15) is 0 Å². The highest BCUT2D eigenvalue weighted by Gasteiger charge is 2.08. The van der Waals surface area contributed by atoms with Gasteiger partial charge in [0.25, 0.3) is 0 Å². The Bertz CT molecular complexity index is 611. The van der Waals surface area contributed by atoms with Crippen LogP contribution in [-0.2, 0) is 0 Å². The van der Waals surface area contributed by atoms with Crippen molar-refractivity contribution in [3.05, 3.63) is 40.7 Å². The predicted octanol–water partition coefficient (Wildman–Crippen LogP) is 4.35. The minimum atomic E-state index is 0.269. The van der Waals surface area contributed by atoms with Crippen molar-refractivity contribution in [1.82, 2.24) is 9.97 Å². The summed E-state index contributed by atoms with van der Waals surface area (Å²) in [6.45, 7) is 6.12. The fourth-order valence-electron chi connectivity index (χ4n) is 1.73. The summed E-state index contributed by atoms with van der Waals surface area (Å²) < 4.78 is 0. The first-order valence-corrected chi connectivity index (χ1v) is 6.97. The molecule has 0 aliphatic rings. The maximum absolute atomic E-state index is 6.14. The highest BCUT2D eigenvalue weighted by molar-refractivity contribution is 6.31. The summed E-state index contributed by atoms with van der Waals surface area (Å²) in [7, 11) is 1.85. The van der Waals surface area contributed by atoms with Crippen LogP contribution in [0.15, 0.2) is 24.3 Å². The fraction of sp³-hybridized carbons (Fsp3) is 0.333. The van der Waals surface area contributed by atoms with E-state index in [1.54, 1.807) is 0 Å². The van der Waals surface area contributed by atoms with Crippen LogP contribution in [0.4, 0.5) is 17.3 Å². The molecule has 1 aromatic carbocycles. The van der Waals surface area contributed by atoms with Crippen molar-refractivity contribution in [3.63, 3.8) is 0 Å². The highest BCUT2D eigenvalue weighted by atomic mass is 35.5. The van der Waals surface area contributed by atoms with Crippen molar-refractivity contribution in [1.29, 1.82) is 0 Å². The van der Waals surface area contributed by atoms with E-state index in [-0.39, 0.29) is 5.92 Å². The van der Waals surface area contributed by atoms with Crippen LogP contribution >= 0.6 is 11.6 Å². The molecule has 1 aromatic heterocycles. The van der Waals surface area contributed by atoms with Gasteiger partial charge in [-0.3, -0.25) is 0 Å². The Morgan fingerprint density at radius 3 is 2.40 bits per heavy atom. The zero-order valence-corrected chi connectivity index (χ0v) is 12.9. The van der Waals surface area contributed by atoms with Crippen LogP contribution in [0.5, 0.6) is 0 Å². The summed E-state index contributed by atoms with van der Waals surface area (Å²) in [4.78, 5) is 8.96. The minimum absolute atomic E-state index is 0.269. The van der Waals surface area contributed by atoms with Crippen LogP contribution in [-0.4, -0.2) is 17.0 Å². The lowest BCUT2D eigenvalue weighted by atomic mass is 10.2. The largest absolute Gasteiger partial charge is 0.373 e. The number of hydrogen-bond donors (Lipinski definition) is 2. The second-order valence-electron chi connectivity index (χ2n) is 4.99. The zero-order valence-electron chi connectivity index (χ0n) is 12.2. The SMILES string of the molecule is CNc1cc(Nc2ccc(C)c(Cl)c2)nc(C(C)C)n1. The topological polar surface area (TPSA) is 49.8 Å². The van der Waals surface area contributed by atoms with Crippen molar-refractivity contribution in [2.75, 3.05) is 17.7 Å². The second kappa shape index (κ2) is 6.09. The molecule has 0 amide bonds. The van der Waals surface area contributed by atoms with E-state index in [4.69, 9.17) is 11.6 Å². The summed E-state index contributed by atoms with van der Waals surface area (Å²) in [5.41, 5.74) is 1.97. The van der Waals surface area contributed by atoms with E-state index in [2.05, 4.69) is 34.4 Å². The third-order valence-corrected chi connectivity index (χ3v) is 3.37. The molecule has 0 radical (unpaired) electrons. The van der Waals surface area contributed by atoms with Crippen molar-refractivity contribution >= 4 is 28.9 Å². The van der Waals surface area contributed by atoms with Crippen molar-refractivity contribution in [3.8, 4) is 0 Å². The highest BCUT2D eigenvalue weighted by Crippen LogP contribution is 2.24. The zero-order chi connectivity index (χ0) is 14.7. The molecule has 0 fully saturated rings. The number of anilines is 3. The van der Waals surface area contributed by atoms with Gasteiger partial charge in [-0.25, -0.2) is 9.97 Å². The van der Waals surface area contributed by atoms with Crippen molar-refractivity contribution in [2.45, 2.75) is 26.7 Å². The summed E-state index contributed by atoms with van der Waals surface area (Å²) in [5.74, 6) is 2.63. The molecule has 2 N–H and O–H groups in total. The monoisotopic (exact) mass is 290 g/mol. The molecule has 0 aliphatic heterocycles. The number of halogens is 1. The van der Waals surface area contributed by atoms with Gasteiger partial charge in [0, 0.05) is 29.7 Å². The predicted molar refractivity (Wildman–Crippen MR) is 85.1 cm³/mol. The standard InChI is InChI=1S/C15H19ClN4/c1-9(2)15-19-13(17-4)8-14(20-15)18-11-6-5-10(3)12(16)7-11/h5-9H,1-4H3,(H2,17,18,19,20). The smallest absolute Gasteiger partial charge is 0.136 e. The van der Waals surface area contributed by atoms with Crippen LogP contribution in [0.25, 0.3) is 0 Å². The van der Waals surface area contributed by atoms with Gasteiger partial charge in [0.15, 0.2) is 0 Å². The third-order valence-electron chi connectivity index (χ3n) is 2.96. The first-order valence-electron chi connectivity index (χ1n) is 6.59. The Hall–Kier alpha value is -1.81. The molecule has 1 heterocycles. The van der Waals surface area contributed by atoms with E-state index in [0.717, 1.165) is 33.7 Å². The minimum Gasteiger partial charge on any atom is -0.373 e. The number of aryl methyl sites for hydroxylation is 1. The average molecular weight is 291 g/mol.